The fourth-order valence-electron chi connectivity index (χ4n) is 3.86. The van der Waals surface area contributed by atoms with E-state index in [9.17, 15) is 9.18 Å². The van der Waals surface area contributed by atoms with Gasteiger partial charge in [-0.2, -0.15) is 5.26 Å². The molecule has 4 rings (SSSR count). The quantitative estimate of drug-likeness (QED) is 0.621. The Labute approximate surface area is 185 Å². The van der Waals surface area contributed by atoms with Crippen molar-refractivity contribution in [3.05, 3.63) is 64.2 Å². The summed E-state index contributed by atoms with van der Waals surface area (Å²) in [5, 5.41) is 15.7. The second-order valence-electron chi connectivity index (χ2n) is 7.80. The van der Waals surface area contributed by atoms with Crippen LogP contribution in [0, 0.1) is 23.1 Å². The third-order valence-electron chi connectivity index (χ3n) is 5.74. The van der Waals surface area contributed by atoms with Crippen LogP contribution in [0.4, 0.5) is 10.3 Å². The van der Waals surface area contributed by atoms with Crippen LogP contribution in [0.2, 0.25) is 0 Å². The average Bonchev–Trinajstić information content (AvgIpc) is 3.33. The molecule has 1 atom stereocenters. The van der Waals surface area contributed by atoms with Crippen LogP contribution >= 0.6 is 0 Å². The second kappa shape index (κ2) is 9.20. The fraction of sp³-hybridized carbons (Fsp3) is 0.292. The Bertz CT molecular complexity index is 1220. The molecule has 0 spiro atoms. The first kappa shape index (κ1) is 21.5. The minimum absolute atomic E-state index is 0.0596. The number of hydrogen-bond donors (Lipinski definition) is 2. The molecule has 0 saturated carbocycles. The first-order valence-corrected chi connectivity index (χ1v) is 10.4. The Balaban J connectivity index is 1.85. The maximum atomic E-state index is 14.4. The van der Waals surface area contributed by atoms with Crippen LogP contribution in [0.25, 0.3) is 22.4 Å². The Hall–Kier alpha value is -3.70. The molecule has 3 aromatic rings. The highest BCUT2D eigenvalue weighted by molar-refractivity contribution is 5.81. The van der Waals surface area contributed by atoms with E-state index in [1.54, 1.807) is 44.5 Å². The lowest BCUT2D eigenvalue weighted by molar-refractivity contribution is 0.415. The summed E-state index contributed by atoms with van der Waals surface area (Å²) in [7, 11) is 3.24. The second-order valence-corrected chi connectivity index (χ2v) is 7.80. The maximum absolute atomic E-state index is 14.4. The van der Waals surface area contributed by atoms with E-state index in [0.717, 1.165) is 19.5 Å². The highest BCUT2D eigenvalue weighted by Crippen LogP contribution is 2.31. The molecule has 1 aliphatic rings. The van der Waals surface area contributed by atoms with Crippen LogP contribution in [-0.2, 0) is 7.05 Å². The number of benzene rings is 2. The molecule has 2 heterocycles. The van der Waals surface area contributed by atoms with Crippen molar-refractivity contribution in [2.45, 2.75) is 6.42 Å². The SMILES string of the molecule is COc1ccc(-c2c(-c3ccc(C#N)c(F)c3)nc(NCC3CCNC3)n(C)c2=O)cc1. The monoisotopic (exact) mass is 433 g/mol. The lowest BCUT2D eigenvalue weighted by Crippen LogP contribution is -2.27. The summed E-state index contributed by atoms with van der Waals surface area (Å²) in [5.41, 5.74) is 1.47. The number of nitriles is 1. The van der Waals surface area contributed by atoms with Crippen molar-refractivity contribution in [3.8, 4) is 34.2 Å². The molecule has 1 saturated heterocycles. The first-order chi connectivity index (χ1) is 15.5. The van der Waals surface area contributed by atoms with Gasteiger partial charge in [-0.15, -0.1) is 0 Å². The summed E-state index contributed by atoms with van der Waals surface area (Å²) in [4.78, 5) is 18.2. The molecule has 1 aromatic heterocycles. The fourth-order valence-corrected chi connectivity index (χ4v) is 3.86. The van der Waals surface area contributed by atoms with Crippen molar-refractivity contribution < 1.29 is 9.13 Å². The molecule has 0 radical (unpaired) electrons. The highest BCUT2D eigenvalue weighted by Gasteiger charge is 2.21. The van der Waals surface area contributed by atoms with Crippen LogP contribution in [0.15, 0.2) is 47.3 Å². The molecule has 7 nitrogen and oxygen atoms in total. The number of ether oxygens (including phenoxy) is 1. The van der Waals surface area contributed by atoms with E-state index >= 15 is 0 Å². The molecule has 0 aliphatic carbocycles. The van der Waals surface area contributed by atoms with Gasteiger partial charge in [-0.05, 0) is 55.3 Å². The number of halogens is 1. The largest absolute Gasteiger partial charge is 0.497 e. The summed E-state index contributed by atoms with van der Waals surface area (Å²) in [6.45, 7) is 2.57. The van der Waals surface area contributed by atoms with Crippen LogP contribution in [0.1, 0.15) is 12.0 Å². The molecule has 0 amide bonds. The van der Waals surface area contributed by atoms with Crippen LogP contribution in [0.5, 0.6) is 5.75 Å². The number of aromatic nitrogens is 2. The summed E-state index contributed by atoms with van der Waals surface area (Å²) in [6.07, 6.45) is 1.05. The number of hydrogen-bond acceptors (Lipinski definition) is 6. The molecular weight excluding hydrogens is 409 g/mol. The van der Waals surface area contributed by atoms with Crippen molar-refractivity contribution in [2.75, 3.05) is 32.1 Å². The molecule has 0 bridgehead atoms. The van der Waals surface area contributed by atoms with E-state index in [-0.39, 0.29) is 11.1 Å². The van der Waals surface area contributed by atoms with Gasteiger partial charge in [0, 0.05) is 19.2 Å². The molecular formula is C24H24FN5O2. The van der Waals surface area contributed by atoms with E-state index < -0.39 is 5.82 Å². The van der Waals surface area contributed by atoms with Crippen molar-refractivity contribution in [1.82, 2.24) is 14.9 Å². The van der Waals surface area contributed by atoms with Gasteiger partial charge >= 0.3 is 0 Å². The zero-order valence-corrected chi connectivity index (χ0v) is 18.0. The number of nitrogens with zero attached hydrogens (tertiary/aromatic N) is 3. The summed E-state index contributed by atoms with van der Waals surface area (Å²) in [6, 6.07) is 13.2. The first-order valence-electron chi connectivity index (χ1n) is 10.4. The van der Waals surface area contributed by atoms with Gasteiger partial charge in [0.15, 0.2) is 0 Å². The Morgan fingerprint density at radius 1 is 1.28 bits per heavy atom. The number of anilines is 1. The van der Waals surface area contributed by atoms with Crippen molar-refractivity contribution in [1.29, 1.82) is 5.26 Å². The minimum Gasteiger partial charge on any atom is -0.497 e. The number of rotatable bonds is 6. The van der Waals surface area contributed by atoms with Crippen molar-refractivity contribution >= 4 is 5.95 Å². The van der Waals surface area contributed by atoms with Gasteiger partial charge in [0.2, 0.25) is 5.95 Å². The molecule has 1 fully saturated rings. The third-order valence-corrected chi connectivity index (χ3v) is 5.74. The van der Waals surface area contributed by atoms with Gasteiger partial charge in [0.1, 0.15) is 17.6 Å². The lowest BCUT2D eigenvalue weighted by atomic mass is 9.99. The molecule has 32 heavy (non-hydrogen) atoms. The van der Waals surface area contributed by atoms with Gasteiger partial charge in [-0.3, -0.25) is 9.36 Å². The predicted octanol–water partition coefficient (Wildman–Crippen LogP) is 3.16. The van der Waals surface area contributed by atoms with Gasteiger partial charge in [-0.1, -0.05) is 18.2 Å². The smallest absolute Gasteiger partial charge is 0.263 e. The Morgan fingerprint density at radius 2 is 2.03 bits per heavy atom. The van der Waals surface area contributed by atoms with Gasteiger partial charge in [-0.25, -0.2) is 9.37 Å². The standard InChI is InChI=1S/C24H24FN5O2/c1-30-23(31)21(16-5-7-19(32-2)8-6-16)22(17-3-4-18(12-26)20(25)11-17)29-24(30)28-14-15-9-10-27-13-15/h3-8,11,15,27H,9-10,13-14H2,1-2H3,(H,28,29). The van der Waals surface area contributed by atoms with E-state index in [1.807, 2.05) is 6.07 Å². The zero-order chi connectivity index (χ0) is 22.7. The Morgan fingerprint density at radius 3 is 2.66 bits per heavy atom. The van der Waals surface area contributed by atoms with E-state index in [2.05, 4.69) is 10.6 Å². The predicted molar refractivity (Wildman–Crippen MR) is 121 cm³/mol. The van der Waals surface area contributed by atoms with E-state index in [1.165, 1.54) is 16.7 Å². The van der Waals surface area contributed by atoms with Crippen LogP contribution < -0.4 is 20.9 Å². The van der Waals surface area contributed by atoms with Gasteiger partial charge < -0.3 is 15.4 Å². The molecule has 1 aliphatic heterocycles. The molecule has 164 valence electrons. The van der Waals surface area contributed by atoms with E-state index in [4.69, 9.17) is 15.0 Å². The molecule has 1 unspecified atom stereocenters. The summed E-state index contributed by atoms with van der Waals surface area (Å²) in [5.74, 6) is 0.871. The van der Waals surface area contributed by atoms with Gasteiger partial charge in [0.05, 0.1) is 23.9 Å². The highest BCUT2D eigenvalue weighted by atomic mass is 19.1. The Kier molecular flexibility index (Phi) is 6.19. The summed E-state index contributed by atoms with van der Waals surface area (Å²) < 4.78 is 21.1. The molecule has 8 heteroatoms. The molecule has 2 N–H and O–H groups in total. The van der Waals surface area contributed by atoms with Crippen LogP contribution in [0.3, 0.4) is 0 Å². The summed E-state index contributed by atoms with van der Waals surface area (Å²) >= 11 is 0. The normalized spacial score (nSPS) is 15.4. The third kappa shape index (κ3) is 4.20. The topological polar surface area (TPSA) is 92.0 Å². The maximum Gasteiger partial charge on any atom is 0.263 e. The van der Waals surface area contributed by atoms with Crippen LogP contribution in [-0.4, -0.2) is 36.3 Å². The van der Waals surface area contributed by atoms with E-state index in [0.29, 0.717) is 46.5 Å². The number of nitrogens with one attached hydrogen (secondary N) is 2. The van der Waals surface area contributed by atoms with Crippen molar-refractivity contribution in [2.24, 2.45) is 13.0 Å². The zero-order valence-electron chi connectivity index (χ0n) is 18.0. The minimum atomic E-state index is -0.653. The van der Waals surface area contributed by atoms with Crippen molar-refractivity contribution in [3.63, 3.8) is 0 Å². The molecule has 2 aromatic carbocycles. The lowest BCUT2D eigenvalue weighted by Gasteiger charge is -2.17. The van der Waals surface area contributed by atoms with Gasteiger partial charge in [0.25, 0.3) is 5.56 Å². The average molecular weight is 433 g/mol. The number of methoxy groups -OCH3 is 1.